The van der Waals surface area contributed by atoms with Gasteiger partial charge in [-0.2, -0.15) is 0 Å². The summed E-state index contributed by atoms with van der Waals surface area (Å²) in [5.41, 5.74) is -0.310. The molecule has 0 fully saturated rings. The van der Waals surface area contributed by atoms with E-state index in [4.69, 9.17) is 4.53 Å². The zero-order valence-corrected chi connectivity index (χ0v) is 11.3. The lowest BCUT2D eigenvalue weighted by Gasteiger charge is -2.17. The van der Waals surface area contributed by atoms with Gasteiger partial charge in [-0.3, -0.25) is 10.1 Å². The van der Waals surface area contributed by atoms with Gasteiger partial charge in [0.15, 0.2) is 0 Å². The van der Waals surface area contributed by atoms with E-state index in [-0.39, 0.29) is 4.92 Å². The van der Waals surface area contributed by atoms with Crippen molar-refractivity contribution >= 4 is 14.0 Å². The van der Waals surface area contributed by atoms with E-state index in [1.54, 1.807) is 20.8 Å². The lowest BCUT2D eigenvalue weighted by Crippen LogP contribution is -2.33. The van der Waals surface area contributed by atoms with Gasteiger partial charge in [-0.25, -0.2) is 0 Å². The number of hydrogen-bond donors (Lipinski definition) is 0. The Labute approximate surface area is 91.8 Å². The summed E-state index contributed by atoms with van der Waals surface area (Å²) in [4.78, 5) is 10.4. The van der Waals surface area contributed by atoms with Gasteiger partial charge in [-0.05, 0) is 26.6 Å². The third kappa shape index (κ3) is 6.22. The summed E-state index contributed by atoms with van der Waals surface area (Å²) in [5, 5.41) is 14.6. The maximum Gasteiger partial charge on any atom is 0.278 e. The molecule has 0 saturated heterocycles. The summed E-state index contributed by atoms with van der Waals surface area (Å²) in [6, 6.07) is 0. The Morgan fingerprint density at radius 2 is 1.93 bits per heavy atom. The van der Waals surface area contributed by atoms with Gasteiger partial charge in [0.05, 0.1) is 12.1 Å². The molecule has 0 bridgehead atoms. The molecule has 0 aliphatic carbocycles. The van der Waals surface area contributed by atoms with Crippen molar-refractivity contribution < 1.29 is 9.45 Å². The van der Waals surface area contributed by atoms with Gasteiger partial charge in [0.1, 0.15) is 0 Å². The van der Waals surface area contributed by atoms with Crippen molar-refractivity contribution in [1.29, 1.82) is 0 Å². The zero-order valence-electron chi connectivity index (χ0n) is 10.3. The Morgan fingerprint density at radius 1 is 1.47 bits per heavy atom. The van der Waals surface area contributed by atoms with Gasteiger partial charge in [0.25, 0.3) is 8.32 Å². The van der Waals surface area contributed by atoms with Gasteiger partial charge in [-0.15, -0.1) is 5.16 Å². The minimum absolute atomic E-state index is 0.291. The lowest BCUT2D eigenvalue weighted by molar-refractivity contribution is -0.558. The molecule has 0 rings (SSSR count). The number of hydrogen-bond acceptors (Lipinski definition) is 4. The molecule has 0 unspecified atom stereocenters. The highest BCUT2D eigenvalue weighted by molar-refractivity contribution is 6.69. The van der Waals surface area contributed by atoms with E-state index in [1.807, 2.05) is 19.6 Å². The predicted octanol–water partition coefficient (Wildman–Crippen LogP) is 2.66. The van der Waals surface area contributed by atoms with Crippen molar-refractivity contribution in [3.8, 4) is 0 Å². The molecule has 0 aromatic rings. The maximum absolute atomic E-state index is 10.7. The van der Waals surface area contributed by atoms with Crippen molar-refractivity contribution in [2.45, 2.75) is 52.4 Å². The van der Waals surface area contributed by atoms with Crippen LogP contribution in [0.4, 0.5) is 0 Å². The minimum Gasteiger partial charge on any atom is -0.456 e. The number of nitro groups is 1. The average molecular weight is 232 g/mol. The molecule has 88 valence electrons. The van der Waals surface area contributed by atoms with Gasteiger partial charge in [-0.1, -0.05) is 0 Å². The van der Waals surface area contributed by atoms with Crippen LogP contribution in [0.25, 0.3) is 0 Å². The van der Waals surface area contributed by atoms with E-state index < -0.39 is 13.9 Å². The molecular weight excluding hydrogens is 212 g/mol. The standard InChI is InChI=1S/C9H20N2O3Si/c1-8(10-14-15(4,5)6)7-9(2,3)11(12)13/h7H2,1-6H3/b10-8+. The minimum atomic E-state index is -1.68. The Morgan fingerprint density at radius 3 is 2.27 bits per heavy atom. The van der Waals surface area contributed by atoms with Crippen molar-refractivity contribution in [1.82, 2.24) is 0 Å². The van der Waals surface area contributed by atoms with Gasteiger partial charge < -0.3 is 4.53 Å². The summed E-state index contributed by atoms with van der Waals surface area (Å²) in [7, 11) is -1.68. The molecule has 5 nitrogen and oxygen atoms in total. The van der Waals surface area contributed by atoms with Crippen LogP contribution in [-0.4, -0.2) is 24.5 Å². The van der Waals surface area contributed by atoms with Crippen molar-refractivity contribution in [2.75, 3.05) is 0 Å². The van der Waals surface area contributed by atoms with Crippen LogP contribution in [-0.2, 0) is 4.53 Å². The average Bonchev–Trinajstić information content (AvgIpc) is 1.98. The van der Waals surface area contributed by atoms with E-state index in [9.17, 15) is 10.1 Å². The second kappa shape index (κ2) is 4.74. The summed E-state index contributed by atoms with van der Waals surface area (Å²) < 4.78 is 5.32. The highest BCUT2D eigenvalue weighted by Crippen LogP contribution is 2.14. The third-order valence-electron chi connectivity index (χ3n) is 1.66. The summed E-state index contributed by atoms with van der Waals surface area (Å²) in [6.45, 7) is 11.0. The molecule has 15 heavy (non-hydrogen) atoms. The molecule has 0 atom stereocenters. The zero-order chi connectivity index (χ0) is 12.3. The van der Waals surface area contributed by atoms with Gasteiger partial charge >= 0.3 is 0 Å². The Kier molecular flexibility index (Phi) is 4.45. The van der Waals surface area contributed by atoms with Crippen LogP contribution < -0.4 is 0 Å². The molecule has 0 N–H and O–H groups in total. The van der Waals surface area contributed by atoms with Gasteiger partial charge in [0, 0.05) is 18.8 Å². The predicted molar refractivity (Wildman–Crippen MR) is 63.2 cm³/mol. The highest BCUT2D eigenvalue weighted by Gasteiger charge is 2.31. The van der Waals surface area contributed by atoms with Crippen LogP contribution in [0.2, 0.25) is 19.6 Å². The van der Waals surface area contributed by atoms with E-state index in [0.717, 1.165) is 0 Å². The quantitative estimate of drug-likeness (QED) is 0.317. The Bertz CT molecular complexity index is 269. The first-order valence-corrected chi connectivity index (χ1v) is 8.31. The largest absolute Gasteiger partial charge is 0.456 e. The fraction of sp³-hybridized carbons (Fsp3) is 0.889. The van der Waals surface area contributed by atoms with Crippen LogP contribution in [0, 0.1) is 10.1 Å². The van der Waals surface area contributed by atoms with E-state index in [2.05, 4.69) is 5.16 Å². The van der Waals surface area contributed by atoms with Crippen molar-refractivity contribution in [3.05, 3.63) is 10.1 Å². The molecule has 0 aromatic heterocycles. The Balaban J connectivity index is 4.37. The monoisotopic (exact) mass is 232 g/mol. The van der Waals surface area contributed by atoms with Crippen molar-refractivity contribution in [3.63, 3.8) is 0 Å². The molecular formula is C9H20N2O3Si. The molecule has 0 spiro atoms. The molecule has 0 aromatic carbocycles. The first-order chi connectivity index (χ1) is 6.54. The van der Waals surface area contributed by atoms with Gasteiger partial charge in [0.2, 0.25) is 5.54 Å². The van der Waals surface area contributed by atoms with Crippen LogP contribution in [0.15, 0.2) is 5.16 Å². The molecule has 0 heterocycles. The Hall–Kier alpha value is -0.913. The van der Waals surface area contributed by atoms with E-state index in [0.29, 0.717) is 12.1 Å². The molecule has 0 aliphatic heterocycles. The van der Waals surface area contributed by atoms with Crippen LogP contribution in [0.5, 0.6) is 0 Å². The summed E-state index contributed by atoms with van der Waals surface area (Å²) in [5.74, 6) is 0. The van der Waals surface area contributed by atoms with Crippen LogP contribution in [0.1, 0.15) is 27.2 Å². The molecule has 0 saturated carbocycles. The SMILES string of the molecule is C/C(CC(C)(C)[N+](=O)[O-])=N\O[Si](C)(C)C. The third-order valence-corrected chi connectivity index (χ3v) is 2.30. The fourth-order valence-corrected chi connectivity index (χ4v) is 1.37. The van der Waals surface area contributed by atoms with E-state index in [1.165, 1.54) is 0 Å². The number of nitrogens with zero attached hydrogens (tertiary/aromatic N) is 2. The lowest BCUT2D eigenvalue weighted by atomic mass is 9.99. The number of rotatable bonds is 5. The van der Waals surface area contributed by atoms with Crippen LogP contribution >= 0.6 is 0 Å². The first kappa shape index (κ1) is 14.1. The molecule has 6 heteroatoms. The van der Waals surface area contributed by atoms with Crippen LogP contribution in [0.3, 0.4) is 0 Å². The summed E-state index contributed by atoms with van der Waals surface area (Å²) in [6.07, 6.45) is 0.310. The normalized spacial score (nSPS) is 13.9. The number of oxime groups is 1. The van der Waals surface area contributed by atoms with Crippen molar-refractivity contribution in [2.24, 2.45) is 5.16 Å². The second-order valence-corrected chi connectivity index (χ2v) is 9.68. The van der Waals surface area contributed by atoms with E-state index >= 15 is 0 Å². The molecule has 0 amide bonds. The first-order valence-electron chi connectivity index (χ1n) is 4.91. The molecule has 0 radical (unpaired) electrons. The highest BCUT2D eigenvalue weighted by atomic mass is 28.4. The smallest absolute Gasteiger partial charge is 0.278 e. The topological polar surface area (TPSA) is 64.7 Å². The molecule has 0 aliphatic rings. The summed E-state index contributed by atoms with van der Waals surface area (Å²) >= 11 is 0. The maximum atomic E-state index is 10.7. The fourth-order valence-electron chi connectivity index (χ4n) is 0.938. The second-order valence-electron chi connectivity index (χ2n) is 5.28.